The van der Waals surface area contributed by atoms with Crippen LogP contribution in [0.25, 0.3) is 0 Å². The van der Waals surface area contributed by atoms with Crippen molar-refractivity contribution < 1.29 is 20.4 Å². The quantitative estimate of drug-likeness (QED) is 0.620. The van der Waals surface area contributed by atoms with Gasteiger partial charge in [0.15, 0.2) is 0 Å². The van der Waals surface area contributed by atoms with Gasteiger partial charge in [-0.1, -0.05) is 11.6 Å². The monoisotopic (exact) mass is 232 g/mol. The highest BCUT2D eigenvalue weighted by atomic mass is 35.5. The SMILES string of the molecule is Cc1cc(Cl)cc(C(O)C(O)CO)c1O. The number of benzene rings is 1. The Kier molecular flexibility index (Phi) is 3.93. The summed E-state index contributed by atoms with van der Waals surface area (Å²) in [6.07, 6.45) is -2.69. The molecule has 0 radical (unpaired) electrons. The van der Waals surface area contributed by atoms with Gasteiger partial charge in [0.2, 0.25) is 0 Å². The molecule has 84 valence electrons. The van der Waals surface area contributed by atoms with Crippen molar-refractivity contribution >= 4 is 11.6 Å². The molecule has 2 atom stereocenters. The Hall–Kier alpha value is -0.810. The maximum absolute atomic E-state index is 9.63. The van der Waals surface area contributed by atoms with E-state index in [1.54, 1.807) is 13.0 Å². The summed E-state index contributed by atoms with van der Waals surface area (Å²) in [5, 5.41) is 37.5. The van der Waals surface area contributed by atoms with Gasteiger partial charge < -0.3 is 20.4 Å². The van der Waals surface area contributed by atoms with E-state index in [9.17, 15) is 15.3 Å². The van der Waals surface area contributed by atoms with Crippen LogP contribution in [0.5, 0.6) is 5.75 Å². The summed E-state index contributed by atoms with van der Waals surface area (Å²) in [7, 11) is 0. The molecule has 0 aromatic heterocycles. The van der Waals surface area contributed by atoms with Crippen LogP contribution in [-0.2, 0) is 0 Å². The van der Waals surface area contributed by atoms with Crippen LogP contribution in [0.3, 0.4) is 0 Å². The fourth-order valence-electron chi connectivity index (χ4n) is 1.29. The summed E-state index contributed by atoms with van der Waals surface area (Å²) >= 11 is 5.75. The van der Waals surface area contributed by atoms with Crippen LogP contribution < -0.4 is 0 Å². The van der Waals surface area contributed by atoms with E-state index in [0.29, 0.717) is 10.6 Å². The molecule has 5 heteroatoms. The molecule has 1 aromatic carbocycles. The standard InChI is InChI=1S/C10H13ClO4/c1-5-2-6(11)3-7(9(5)14)10(15)8(13)4-12/h2-3,8,10,12-15H,4H2,1H3. The molecule has 0 spiro atoms. The average Bonchev–Trinajstić information content (AvgIpc) is 2.21. The van der Waals surface area contributed by atoms with Gasteiger partial charge in [0.05, 0.1) is 6.61 Å². The van der Waals surface area contributed by atoms with Crippen LogP contribution >= 0.6 is 11.6 Å². The average molecular weight is 233 g/mol. The minimum Gasteiger partial charge on any atom is -0.507 e. The number of aliphatic hydroxyl groups excluding tert-OH is 3. The maximum atomic E-state index is 9.63. The fourth-order valence-corrected chi connectivity index (χ4v) is 1.58. The van der Waals surface area contributed by atoms with E-state index in [2.05, 4.69) is 0 Å². The third kappa shape index (κ3) is 2.60. The van der Waals surface area contributed by atoms with E-state index in [0.717, 1.165) is 0 Å². The smallest absolute Gasteiger partial charge is 0.124 e. The molecule has 15 heavy (non-hydrogen) atoms. The number of aryl methyl sites for hydroxylation is 1. The van der Waals surface area contributed by atoms with Crippen LogP contribution in [0, 0.1) is 6.92 Å². The number of hydrogen-bond acceptors (Lipinski definition) is 4. The molecule has 0 saturated heterocycles. The van der Waals surface area contributed by atoms with Crippen molar-refractivity contribution in [2.75, 3.05) is 6.61 Å². The van der Waals surface area contributed by atoms with Gasteiger partial charge in [-0.3, -0.25) is 0 Å². The summed E-state index contributed by atoms with van der Waals surface area (Å²) in [4.78, 5) is 0. The van der Waals surface area contributed by atoms with Crippen molar-refractivity contribution in [2.24, 2.45) is 0 Å². The Labute approximate surface area is 92.4 Å². The summed E-state index contributed by atoms with van der Waals surface area (Å²) in [5.41, 5.74) is 0.614. The molecule has 0 saturated carbocycles. The zero-order valence-electron chi connectivity index (χ0n) is 8.18. The topological polar surface area (TPSA) is 80.9 Å². The Morgan fingerprint density at radius 1 is 1.33 bits per heavy atom. The first-order valence-corrected chi connectivity index (χ1v) is 4.81. The van der Waals surface area contributed by atoms with Crippen molar-refractivity contribution in [1.82, 2.24) is 0 Å². The van der Waals surface area contributed by atoms with Crippen LogP contribution in [-0.4, -0.2) is 33.1 Å². The number of rotatable bonds is 3. The Morgan fingerprint density at radius 3 is 2.47 bits per heavy atom. The van der Waals surface area contributed by atoms with Crippen molar-refractivity contribution in [3.8, 4) is 5.75 Å². The van der Waals surface area contributed by atoms with Crippen LogP contribution in [0.2, 0.25) is 5.02 Å². The first kappa shape index (κ1) is 12.3. The number of phenols is 1. The van der Waals surface area contributed by atoms with Gasteiger partial charge in [0.25, 0.3) is 0 Å². The summed E-state index contributed by atoms with van der Waals surface area (Å²) in [5.74, 6) is -0.126. The molecule has 1 rings (SSSR count). The molecule has 0 aliphatic carbocycles. The lowest BCUT2D eigenvalue weighted by Gasteiger charge is -2.18. The predicted molar refractivity (Wildman–Crippen MR) is 55.9 cm³/mol. The zero-order valence-corrected chi connectivity index (χ0v) is 8.94. The van der Waals surface area contributed by atoms with E-state index in [1.807, 2.05) is 0 Å². The number of halogens is 1. The third-order valence-electron chi connectivity index (χ3n) is 2.16. The van der Waals surface area contributed by atoms with Gasteiger partial charge in [-0.2, -0.15) is 0 Å². The molecule has 0 aliphatic heterocycles. The number of aliphatic hydroxyl groups is 3. The molecule has 0 bridgehead atoms. The molecule has 0 aliphatic rings. The van der Waals surface area contributed by atoms with Crippen LogP contribution in [0.1, 0.15) is 17.2 Å². The Balaban J connectivity index is 3.13. The summed E-state index contributed by atoms with van der Waals surface area (Å²) < 4.78 is 0. The number of aromatic hydroxyl groups is 1. The lowest BCUT2D eigenvalue weighted by Crippen LogP contribution is -2.22. The lowest BCUT2D eigenvalue weighted by molar-refractivity contribution is -0.0162. The van der Waals surface area contributed by atoms with Gasteiger partial charge in [-0.05, 0) is 24.6 Å². The normalized spacial score (nSPS) is 15.0. The van der Waals surface area contributed by atoms with E-state index in [-0.39, 0.29) is 11.3 Å². The van der Waals surface area contributed by atoms with Gasteiger partial charge in [-0.25, -0.2) is 0 Å². The van der Waals surface area contributed by atoms with Crippen molar-refractivity contribution in [3.05, 3.63) is 28.3 Å². The van der Waals surface area contributed by atoms with E-state index in [4.69, 9.17) is 16.7 Å². The molecular formula is C10H13ClO4. The molecule has 1 aromatic rings. The van der Waals surface area contributed by atoms with Crippen LogP contribution in [0.4, 0.5) is 0 Å². The van der Waals surface area contributed by atoms with Crippen LogP contribution in [0.15, 0.2) is 12.1 Å². The van der Waals surface area contributed by atoms with Crippen molar-refractivity contribution in [2.45, 2.75) is 19.1 Å². The second kappa shape index (κ2) is 4.81. The maximum Gasteiger partial charge on any atom is 0.124 e. The molecule has 0 fully saturated rings. The van der Waals surface area contributed by atoms with E-state index >= 15 is 0 Å². The Bertz CT molecular complexity index is 354. The zero-order chi connectivity index (χ0) is 11.6. The molecule has 0 amide bonds. The third-order valence-corrected chi connectivity index (χ3v) is 2.38. The molecule has 4 N–H and O–H groups in total. The highest BCUT2D eigenvalue weighted by Crippen LogP contribution is 2.32. The molecule has 0 heterocycles. The molecule has 2 unspecified atom stereocenters. The number of phenolic OH excluding ortho intramolecular Hbond substituents is 1. The minimum atomic E-state index is -1.35. The van der Waals surface area contributed by atoms with Gasteiger partial charge in [0.1, 0.15) is 18.0 Å². The first-order chi connectivity index (χ1) is 6.97. The van der Waals surface area contributed by atoms with Gasteiger partial charge in [0, 0.05) is 10.6 Å². The molecular weight excluding hydrogens is 220 g/mol. The summed E-state index contributed by atoms with van der Waals surface area (Å²) in [6, 6.07) is 2.89. The van der Waals surface area contributed by atoms with E-state index in [1.165, 1.54) is 6.07 Å². The van der Waals surface area contributed by atoms with Gasteiger partial charge >= 0.3 is 0 Å². The minimum absolute atomic E-state index is 0.113. The van der Waals surface area contributed by atoms with Crippen molar-refractivity contribution in [1.29, 1.82) is 0 Å². The largest absolute Gasteiger partial charge is 0.507 e. The lowest BCUT2D eigenvalue weighted by atomic mass is 10.0. The predicted octanol–water partition coefficient (Wildman–Crippen LogP) is 0.741. The first-order valence-electron chi connectivity index (χ1n) is 4.43. The van der Waals surface area contributed by atoms with Crippen molar-refractivity contribution in [3.63, 3.8) is 0 Å². The highest BCUT2D eigenvalue weighted by Gasteiger charge is 2.21. The highest BCUT2D eigenvalue weighted by molar-refractivity contribution is 6.30. The number of hydrogen-bond donors (Lipinski definition) is 4. The van der Waals surface area contributed by atoms with E-state index < -0.39 is 18.8 Å². The fraction of sp³-hybridized carbons (Fsp3) is 0.400. The summed E-state index contributed by atoms with van der Waals surface area (Å²) in [6.45, 7) is 1.04. The Morgan fingerprint density at radius 2 is 1.93 bits per heavy atom. The molecule has 4 nitrogen and oxygen atoms in total. The van der Waals surface area contributed by atoms with Gasteiger partial charge in [-0.15, -0.1) is 0 Å². The second-order valence-electron chi connectivity index (χ2n) is 3.36. The second-order valence-corrected chi connectivity index (χ2v) is 3.79.